The Morgan fingerprint density at radius 2 is 2.24 bits per heavy atom. The Hall–Kier alpha value is -1.13. The van der Waals surface area contributed by atoms with Gasteiger partial charge in [0, 0.05) is 18.3 Å². The average Bonchev–Trinajstić information content (AvgIpc) is 2.79. The summed E-state index contributed by atoms with van der Waals surface area (Å²) in [4.78, 5) is -0.260. The van der Waals surface area contributed by atoms with Crippen LogP contribution in [0.3, 0.4) is 0 Å². The van der Waals surface area contributed by atoms with E-state index < -0.39 is 22.7 Å². The summed E-state index contributed by atoms with van der Waals surface area (Å²) >= 11 is 0. The fourth-order valence-corrected chi connectivity index (χ4v) is 3.53. The van der Waals surface area contributed by atoms with Crippen LogP contribution in [-0.4, -0.2) is 43.0 Å². The fourth-order valence-electron chi connectivity index (χ4n) is 2.23. The van der Waals surface area contributed by atoms with Crippen LogP contribution in [-0.2, 0) is 16.6 Å². The highest BCUT2D eigenvalue weighted by atomic mass is 32.2. The molecule has 1 aromatic rings. The lowest BCUT2D eigenvalue weighted by Crippen LogP contribution is -2.51. The predicted octanol–water partition coefficient (Wildman–Crippen LogP) is 0.864. The number of hydrogen-bond donors (Lipinski definition) is 2. The molecule has 0 saturated carbocycles. The molecular formula is C11H17F3N4O2S. The van der Waals surface area contributed by atoms with Gasteiger partial charge in [0.1, 0.15) is 11.4 Å². The van der Waals surface area contributed by atoms with Crippen LogP contribution in [0.25, 0.3) is 0 Å². The van der Waals surface area contributed by atoms with Crippen LogP contribution in [0.15, 0.2) is 17.3 Å². The third-order valence-electron chi connectivity index (χ3n) is 3.33. The minimum absolute atomic E-state index is 0.0289. The molecular weight excluding hydrogens is 309 g/mol. The summed E-state index contributed by atoms with van der Waals surface area (Å²) in [6, 6.07) is -0.312. The Morgan fingerprint density at radius 1 is 1.52 bits per heavy atom. The van der Waals surface area contributed by atoms with E-state index >= 15 is 0 Å². The van der Waals surface area contributed by atoms with E-state index in [0.29, 0.717) is 11.1 Å². The van der Waals surface area contributed by atoms with E-state index in [9.17, 15) is 21.6 Å². The van der Waals surface area contributed by atoms with E-state index in [-0.39, 0.29) is 17.0 Å². The molecule has 0 aromatic carbocycles. The molecule has 0 spiro atoms. The van der Waals surface area contributed by atoms with Crippen molar-refractivity contribution < 1.29 is 21.6 Å². The Balaban J connectivity index is 2.09. The first-order valence-corrected chi connectivity index (χ1v) is 8.01. The summed E-state index contributed by atoms with van der Waals surface area (Å²) in [6.45, 7) is 1.37. The zero-order valence-electron chi connectivity index (χ0n) is 11.4. The standard InChI is InChI=1S/C11H17F3N4O2S/c1-8-10(3-2-4-15-8)17-21(19,20)9-5-16-18(6-9)7-11(12,13)14/h5-6,8,10,15,17H,2-4,7H2,1H3. The van der Waals surface area contributed by atoms with Gasteiger partial charge in [0.15, 0.2) is 0 Å². The van der Waals surface area contributed by atoms with Crippen molar-refractivity contribution in [2.24, 2.45) is 0 Å². The Labute approximate surface area is 120 Å². The first-order chi connectivity index (χ1) is 9.67. The van der Waals surface area contributed by atoms with Gasteiger partial charge in [0.05, 0.1) is 6.20 Å². The van der Waals surface area contributed by atoms with Gasteiger partial charge >= 0.3 is 6.18 Å². The van der Waals surface area contributed by atoms with Gasteiger partial charge in [-0.3, -0.25) is 4.68 Å². The smallest absolute Gasteiger partial charge is 0.313 e. The van der Waals surface area contributed by atoms with Gasteiger partial charge in [0.2, 0.25) is 10.0 Å². The van der Waals surface area contributed by atoms with Crippen LogP contribution in [0.2, 0.25) is 0 Å². The van der Waals surface area contributed by atoms with E-state index in [1.165, 1.54) is 0 Å². The average molecular weight is 326 g/mol. The number of piperidine rings is 1. The number of nitrogens with zero attached hydrogens (tertiary/aromatic N) is 2. The van der Waals surface area contributed by atoms with Crippen molar-refractivity contribution in [1.29, 1.82) is 0 Å². The molecule has 1 aliphatic heterocycles. The molecule has 120 valence electrons. The number of alkyl halides is 3. The number of nitrogens with one attached hydrogen (secondary N) is 2. The second-order valence-electron chi connectivity index (χ2n) is 5.10. The molecule has 0 bridgehead atoms. The SMILES string of the molecule is CC1NCCCC1NS(=O)(=O)c1cnn(CC(F)(F)F)c1. The summed E-state index contributed by atoms with van der Waals surface area (Å²) < 4.78 is 64.1. The number of rotatable bonds is 4. The van der Waals surface area contributed by atoms with Crippen LogP contribution < -0.4 is 10.0 Å². The van der Waals surface area contributed by atoms with Gasteiger partial charge in [-0.1, -0.05) is 0 Å². The number of sulfonamides is 1. The molecule has 1 saturated heterocycles. The molecule has 0 amide bonds. The third-order valence-corrected chi connectivity index (χ3v) is 4.77. The van der Waals surface area contributed by atoms with Gasteiger partial charge in [-0.05, 0) is 26.3 Å². The lowest BCUT2D eigenvalue weighted by molar-refractivity contribution is -0.142. The monoisotopic (exact) mass is 326 g/mol. The predicted molar refractivity (Wildman–Crippen MR) is 69.1 cm³/mol. The summed E-state index contributed by atoms with van der Waals surface area (Å²) in [5.74, 6) is 0. The van der Waals surface area contributed by atoms with Crippen LogP contribution >= 0.6 is 0 Å². The van der Waals surface area contributed by atoms with Crippen LogP contribution in [0.4, 0.5) is 13.2 Å². The molecule has 1 aromatic heterocycles. The third kappa shape index (κ3) is 4.42. The molecule has 6 nitrogen and oxygen atoms in total. The molecule has 21 heavy (non-hydrogen) atoms. The van der Waals surface area contributed by atoms with Gasteiger partial charge in [-0.15, -0.1) is 0 Å². The van der Waals surface area contributed by atoms with Crippen molar-refractivity contribution in [2.45, 2.75) is 49.5 Å². The first-order valence-electron chi connectivity index (χ1n) is 6.52. The Kier molecular flexibility index (Phi) is 4.59. The molecule has 1 fully saturated rings. The van der Waals surface area contributed by atoms with E-state index in [0.717, 1.165) is 25.4 Å². The summed E-state index contributed by atoms with van der Waals surface area (Å²) in [7, 11) is -3.87. The second-order valence-corrected chi connectivity index (χ2v) is 6.82. The molecule has 2 rings (SSSR count). The maximum atomic E-state index is 12.2. The quantitative estimate of drug-likeness (QED) is 0.861. The normalized spacial score (nSPS) is 24.2. The van der Waals surface area contributed by atoms with Crippen LogP contribution in [0.5, 0.6) is 0 Å². The van der Waals surface area contributed by atoms with E-state index in [1.54, 1.807) is 0 Å². The highest BCUT2D eigenvalue weighted by Gasteiger charge is 2.30. The van der Waals surface area contributed by atoms with Crippen molar-refractivity contribution >= 4 is 10.0 Å². The van der Waals surface area contributed by atoms with Crippen molar-refractivity contribution in [3.8, 4) is 0 Å². The molecule has 10 heteroatoms. The zero-order valence-corrected chi connectivity index (χ0v) is 12.2. The first kappa shape index (κ1) is 16.2. The molecule has 2 unspecified atom stereocenters. The van der Waals surface area contributed by atoms with E-state index in [4.69, 9.17) is 0 Å². The van der Waals surface area contributed by atoms with Crippen molar-refractivity contribution in [3.05, 3.63) is 12.4 Å². The Morgan fingerprint density at radius 3 is 2.86 bits per heavy atom. The topological polar surface area (TPSA) is 76.0 Å². The number of hydrogen-bond acceptors (Lipinski definition) is 4. The van der Waals surface area contributed by atoms with Gasteiger partial charge in [-0.25, -0.2) is 13.1 Å². The molecule has 2 atom stereocenters. The second kappa shape index (κ2) is 5.93. The number of halogens is 3. The van der Waals surface area contributed by atoms with Gasteiger partial charge in [0.25, 0.3) is 0 Å². The maximum absolute atomic E-state index is 12.2. The lowest BCUT2D eigenvalue weighted by atomic mass is 10.0. The largest absolute Gasteiger partial charge is 0.408 e. The van der Waals surface area contributed by atoms with Crippen molar-refractivity contribution in [3.63, 3.8) is 0 Å². The van der Waals surface area contributed by atoms with Crippen LogP contribution in [0.1, 0.15) is 19.8 Å². The van der Waals surface area contributed by atoms with Crippen molar-refractivity contribution in [1.82, 2.24) is 19.8 Å². The molecule has 0 aliphatic carbocycles. The molecule has 0 radical (unpaired) electrons. The minimum Gasteiger partial charge on any atom is -0.313 e. The van der Waals surface area contributed by atoms with Crippen LogP contribution in [0, 0.1) is 0 Å². The van der Waals surface area contributed by atoms with E-state index in [1.807, 2.05) is 6.92 Å². The minimum atomic E-state index is -4.44. The highest BCUT2D eigenvalue weighted by molar-refractivity contribution is 7.89. The highest BCUT2D eigenvalue weighted by Crippen LogP contribution is 2.19. The fraction of sp³-hybridized carbons (Fsp3) is 0.727. The summed E-state index contributed by atoms with van der Waals surface area (Å²) in [6.07, 6.45) is -1.11. The zero-order chi connectivity index (χ0) is 15.7. The summed E-state index contributed by atoms with van der Waals surface area (Å²) in [5, 5.41) is 6.59. The Bertz CT molecular complexity index is 585. The van der Waals surface area contributed by atoms with E-state index in [2.05, 4.69) is 15.1 Å². The lowest BCUT2D eigenvalue weighted by Gasteiger charge is -2.30. The summed E-state index contributed by atoms with van der Waals surface area (Å²) in [5.41, 5.74) is 0. The van der Waals surface area contributed by atoms with Gasteiger partial charge < -0.3 is 5.32 Å². The van der Waals surface area contributed by atoms with Gasteiger partial charge in [-0.2, -0.15) is 18.3 Å². The van der Waals surface area contributed by atoms with Crippen molar-refractivity contribution in [2.75, 3.05) is 6.54 Å². The molecule has 2 N–H and O–H groups in total. The number of aromatic nitrogens is 2. The molecule has 2 heterocycles. The maximum Gasteiger partial charge on any atom is 0.408 e. The molecule has 1 aliphatic rings.